The van der Waals surface area contributed by atoms with E-state index in [1.54, 1.807) is 41.8 Å². The Labute approximate surface area is 157 Å². The second-order valence-electron chi connectivity index (χ2n) is 5.04. The molecule has 2 aromatic carbocycles. The monoisotopic (exact) mass is 383 g/mol. The Bertz CT molecular complexity index is 1020. The van der Waals surface area contributed by atoms with Gasteiger partial charge < -0.3 is 0 Å². The number of aromatic nitrogens is 1. The van der Waals surface area contributed by atoms with Crippen molar-refractivity contribution in [2.24, 2.45) is 5.10 Å². The van der Waals surface area contributed by atoms with E-state index in [4.69, 9.17) is 11.6 Å². The van der Waals surface area contributed by atoms with Gasteiger partial charge in [0.05, 0.1) is 16.3 Å². The average Bonchev–Trinajstić information content (AvgIpc) is 3.14. The molecule has 3 rings (SSSR count). The van der Waals surface area contributed by atoms with Crippen molar-refractivity contribution in [2.75, 3.05) is 5.43 Å². The fourth-order valence-corrected chi connectivity index (χ4v) is 2.95. The lowest BCUT2D eigenvalue weighted by Gasteiger charge is -2.00. The smallest absolute Gasteiger partial charge is 0.270 e. The summed E-state index contributed by atoms with van der Waals surface area (Å²) in [5.41, 5.74) is 4.70. The first-order valence-electron chi connectivity index (χ1n) is 7.27. The average molecular weight is 384 g/mol. The highest BCUT2D eigenvalue weighted by Gasteiger charge is 2.13. The van der Waals surface area contributed by atoms with Crippen LogP contribution in [0.25, 0.3) is 11.3 Å². The van der Waals surface area contributed by atoms with Gasteiger partial charge in [0.25, 0.3) is 5.69 Å². The van der Waals surface area contributed by atoms with Crippen LogP contribution >= 0.6 is 22.9 Å². The van der Waals surface area contributed by atoms with Gasteiger partial charge >= 0.3 is 0 Å². The zero-order valence-corrected chi connectivity index (χ0v) is 14.7. The quantitative estimate of drug-likeness (QED) is 0.390. The number of benzene rings is 2. The van der Waals surface area contributed by atoms with E-state index in [0.29, 0.717) is 27.0 Å². The Morgan fingerprint density at radius 1 is 1.31 bits per heavy atom. The number of nitriles is 1. The molecule has 0 fully saturated rings. The summed E-state index contributed by atoms with van der Waals surface area (Å²) < 4.78 is 0. The summed E-state index contributed by atoms with van der Waals surface area (Å²) in [7, 11) is 0. The number of thiazole rings is 1. The number of anilines is 1. The van der Waals surface area contributed by atoms with Crippen molar-refractivity contribution >= 4 is 40.0 Å². The molecule has 0 amide bonds. The molecular weight excluding hydrogens is 374 g/mol. The van der Waals surface area contributed by atoms with Crippen molar-refractivity contribution in [3.8, 4) is 17.3 Å². The molecule has 0 aliphatic carbocycles. The predicted octanol–water partition coefficient (Wildman–Crippen LogP) is 4.71. The molecule has 9 heteroatoms. The topological polar surface area (TPSA) is 104 Å². The third kappa shape index (κ3) is 4.03. The minimum atomic E-state index is -0.463. The molecule has 0 saturated carbocycles. The molecule has 1 aromatic heterocycles. The van der Waals surface area contributed by atoms with Crippen molar-refractivity contribution in [1.82, 2.24) is 4.98 Å². The zero-order valence-electron chi connectivity index (χ0n) is 13.1. The number of rotatable bonds is 5. The molecule has 0 bridgehead atoms. The standard InChI is InChI=1S/C17H10ClN5O2S/c18-12-4-6-13(7-5-12)21-22-15(9-19)17-20-16(10-26-17)11-2-1-3-14(8-11)23(24)25/h1-8,10,21H/b22-15-. The highest BCUT2D eigenvalue weighted by atomic mass is 35.5. The summed E-state index contributed by atoms with van der Waals surface area (Å²) in [6.45, 7) is 0. The number of hydrogen-bond donors (Lipinski definition) is 1. The first kappa shape index (κ1) is 17.5. The normalized spacial score (nSPS) is 11.0. The maximum absolute atomic E-state index is 10.9. The molecule has 0 saturated heterocycles. The summed E-state index contributed by atoms with van der Waals surface area (Å²) >= 11 is 7.06. The van der Waals surface area contributed by atoms with Gasteiger partial charge in [0.15, 0.2) is 10.7 Å². The second kappa shape index (κ2) is 7.74. The van der Waals surface area contributed by atoms with E-state index in [1.165, 1.54) is 23.5 Å². The third-order valence-corrected chi connectivity index (χ3v) is 4.41. The largest absolute Gasteiger partial charge is 0.277 e. The van der Waals surface area contributed by atoms with E-state index >= 15 is 0 Å². The molecule has 0 aliphatic rings. The second-order valence-corrected chi connectivity index (χ2v) is 6.33. The fraction of sp³-hybridized carbons (Fsp3) is 0. The van der Waals surface area contributed by atoms with Gasteiger partial charge in [-0.15, -0.1) is 11.3 Å². The van der Waals surface area contributed by atoms with Crippen LogP contribution in [0.3, 0.4) is 0 Å². The van der Waals surface area contributed by atoms with E-state index in [9.17, 15) is 15.4 Å². The summed E-state index contributed by atoms with van der Waals surface area (Å²) in [5.74, 6) is 0. The first-order valence-corrected chi connectivity index (χ1v) is 8.52. The Morgan fingerprint density at radius 2 is 2.08 bits per heavy atom. The number of nitro groups is 1. The van der Waals surface area contributed by atoms with E-state index in [-0.39, 0.29) is 11.4 Å². The molecule has 1 heterocycles. The van der Waals surface area contributed by atoms with Crippen LogP contribution in [0.1, 0.15) is 5.01 Å². The van der Waals surface area contributed by atoms with Crippen LogP contribution in [0.5, 0.6) is 0 Å². The lowest BCUT2D eigenvalue weighted by atomic mass is 10.1. The molecule has 7 nitrogen and oxygen atoms in total. The van der Waals surface area contributed by atoms with Crippen LogP contribution in [-0.4, -0.2) is 15.6 Å². The van der Waals surface area contributed by atoms with Crippen LogP contribution < -0.4 is 5.43 Å². The van der Waals surface area contributed by atoms with Crippen LogP contribution in [-0.2, 0) is 0 Å². The van der Waals surface area contributed by atoms with Gasteiger partial charge in [0.2, 0.25) is 0 Å². The Balaban J connectivity index is 1.84. The van der Waals surface area contributed by atoms with Crippen molar-refractivity contribution in [3.63, 3.8) is 0 Å². The van der Waals surface area contributed by atoms with Gasteiger partial charge in [-0.3, -0.25) is 15.5 Å². The summed E-state index contributed by atoms with van der Waals surface area (Å²) in [5, 5.41) is 27.0. The van der Waals surface area contributed by atoms with Crippen molar-refractivity contribution < 1.29 is 4.92 Å². The lowest BCUT2D eigenvalue weighted by Crippen LogP contribution is -2.01. The predicted molar refractivity (Wildman–Crippen MR) is 101 cm³/mol. The van der Waals surface area contributed by atoms with Gasteiger partial charge in [-0.1, -0.05) is 23.7 Å². The molecule has 0 spiro atoms. The third-order valence-electron chi connectivity index (χ3n) is 3.31. The van der Waals surface area contributed by atoms with Gasteiger partial charge in [-0.05, 0) is 24.3 Å². The molecule has 128 valence electrons. The van der Waals surface area contributed by atoms with Gasteiger partial charge in [-0.2, -0.15) is 10.4 Å². The van der Waals surface area contributed by atoms with Crippen LogP contribution in [0.4, 0.5) is 11.4 Å². The molecule has 0 atom stereocenters. The van der Waals surface area contributed by atoms with Gasteiger partial charge in [0.1, 0.15) is 6.07 Å². The highest BCUT2D eigenvalue weighted by molar-refractivity contribution is 7.12. The molecule has 1 N–H and O–H groups in total. The van der Waals surface area contributed by atoms with E-state index in [1.807, 2.05) is 6.07 Å². The van der Waals surface area contributed by atoms with Gasteiger partial charge in [0, 0.05) is 28.1 Å². The highest BCUT2D eigenvalue weighted by Crippen LogP contribution is 2.25. The Hall–Kier alpha value is -3.28. The number of nitrogens with one attached hydrogen (secondary N) is 1. The maximum Gasteiger partial charge on any atom is 0.270 e. The molecule has 0 aliphatic heterocycles. The Morgan fingerprint density at radius 3 is 2.77 bits per heavy atom. The minimum absolute atomic E-state index is 0.0179. The van der Waals surface area contributed by atoms with E-state index in [0.717, 1.165) is 0 Å². The van der Waals surface area contributed by atoms with Crippen molar-refractivity contribution in [3.05, 3.63) is 74.1 Å². The Kier molecular flexibility index (Phi) is 5.22. The molecule has 0 unspecified atom stereocenters. The number of halogens is 1. The molecule has 0 radical (unpaired) electrons. The van der Waals surface area contributed by atoms with E-state index in [2.05, 4.69) is 15.5 Å². The number of hydrazone groups is 1. The number of non-ortho nitro benzene ring substituents is 1. The van der Waals surface area contributed by atoms with Crippen LogP contribution in [0.15, 0.2) is 59.0 Å². The van der Waals surface area contributed by atoms with Crippen LogP contribution in [0, 0.1) is 21.4 Å². The SMILES string of the molecule is N#C/C(=N/Nc1ccc(Cl)cc1)c1nc(-c2cccc([N+](=O)[O-])c2)cs1. The minimum Gasteiger partial charge on any atom is -0.277 e. The molecule has 3 aromatic rings. The summed E-state index contributed by atoms with van der Waals surface area (Å²) in [6, 6.07) is 15.0. The fourth-order valence-electron chi connectivity index (χ4n) is 2.06. The number of nitrogens with zero attached hydrogens (tertiary/aromatic N) is 4. The zero-order chi connectivity index (χ0) is 18.5. The van der Waals surface area contributed by atoms with Gasteiger partial charge in [-0.25, -0.2) is 4.98 Å². The summed E-state index contributed by atoms with van der Waals surface area (Å²) in [6.07, 6.45) is 0. The molecular formula is C17H10ClN5O2S. The maximum atomic E-state index is 10.9. The van der Waals surface area contributed by atoms with E-state index < -0.39 is 4.92 Å². The van der Waals surface area contributed by atoms with Crippen LogP contribution in [0.2, 0.25) is 5.02 Å². The first-order chi connectivity index (χ1) is 12.6. The lowest BCUT2D eigenvalue weighted by molar-refractivity contribution is -0.384. The molecule has 26 heavy (non-hydrogen) atoms. The number of hydrogen-bond acceptors (Lipinski definition) is 7. The number of nitro benzene ring substituents is 1. The summed E-state index contributed by atoms with van der Waals surface area (Å²) in [4.78, 5) is 14.8. The van der Waals surface area contributed by atoms with Crippen molar-refractivity contribution in [1.29, 1.82) is 5.26 Å². The van der Waals surface area contributed by atoms with Crippen molar-refractivity contribution in [2.45, 2.75) is 0 Å².